The number of carbonyl (C=O) groups excluding carboxylic acids is 2. The van der Waals surface area contributed by atoms with Crippen LogP contribution in [0.5, 0.6) is 5.75 Å². The predicted molar refractivity (Wildman–Crippen MR) is 96.0 cm³/mol. The van der Waals surface area contributed by atoms with Gasteiger partial charge in [0.15, 0.2) is 0 Å². The normalized spacial score (nSPS) is 22.7. The first-order chi connectivity index (χ1) is 12.2. The fraction of sp³-hybridized carbons (Fsp3) is 0.368. The average Bonchev–Trinajstić information content (AvgIpc) is 3.09. The Kier molecular flexibility index (Phi) is 4.21. The van der Waals surface area contributed by atoms with Gasteiger partial charge in [0.05, 0.1) is 25.1 Å². The van der Waals surface area contributed by atoms with Gasteiger partial charge in [0.25, 0.3) is 5.91 Å². The molecular weight excluding hydrogens is 336 g/mol. The smallest absolute Gasteiger partial charge is 0.255 e. The first-order valence-corrected chi connectivity index (χ1v) is 9.45. The molecule has 0 bridgehead atoms. The van der Waals surface area contributed by atoms with Gasteiger partial charge >= 0.3 is 0 Å². The maximum absolute atomic E-state index is 12.7. The third-order valence-electron chi connectivity index (χ3n) is 4.86. The van der Waals surface area contributed by atoms with E-state index in [-0.39, 0.29) is 11.8 Å². The average molecular weight is 356 g/mol. The Hall–Kier alpha value is -2.34. The maximum atomic E-state index is 12.7. The topological polar surface area (TPSA) is 58.6 Å². The molecule has 2 amide bonds. The lowest BCUT2D eigenvalue weighted by Gasteiger charge is -2.42. The van der Waals surface area contributed by atoms with E-state index in [0.717, 1.165) is 24.9 Å². The molecule has 5 nitrogen and oxygen atoms in total. The minimum absolute atomic E-state index is 0.116. The molecule has 1 fully saturated rings. The summed E-state index contributed by atoms with van der Waals surface area (Å²) in [5.74, 6) is 0.601. The number of para-hydroxylation sites is 1. The molecule has 2 aliphatic heterocycles. The van der Waals surface area contributed by atoms with Crippen molar-refractivity contribution in [1.29, 1.82) is 0 Å². The zero-order chi connectivity index (χ0) is 17.3. The number of piperidine rings is 1. The highest BCUT2D eigenvalue weighted by molar-refractivity contribution is 7.08. The summed E-state index contributed by atoms with van der Waals surface area (Å²) in [5, 5.41) is 6.96. The van der Waals surface area contributed by atoms with Crippen molar-refractivity contribution in [2.24, 2.45) is 0 Å². The third kappa shape index (κ3) is 3.26. The first-order valence-electron chi connectivity index (χ1n) is 8.50. The molecule has 25 heavy (non-hydrogen) atoms. The van der Waals surface area contributed by atoms with Gasteiger partial charge in [-0.05, 0) is 47.4 Å². The summed E-state index contributed by atoms with van der Waals surface area (Å²) in [5.41, 5.74) is 1.06. The van der Waals surface area contributed by atoms with Crippen LogP contribution in [0.15, 0.2) is 41.1 Å². The second-order valence-electron chi connectivity index (χ2n) is 6.69. The molecule has 0 aliphatic carbocycles. The van der Waals surface area contributed by atoms with Crippen LogP contribution in [0, 0.1) is 0 Å². The monoisotopic (exact) mass is 356 g/mol. The minimum atomic E-state index is -0.551. The fourth-order valence-corrected chi connectivity index (χ4v) is 4.24. The van der Waals surface area contributed by atoms with E-state index in [1.165, 1.54) is 0 Å². The molecular formula is C19H20N2O3S. The second-order valence-corrected chi connectivity index (χ2v) is 7.47. The number of hydrogen-bond acceptors (Lipinski definition) is 4. The number of likely N-dealkylation sites (tertiary alicyclic amines) is 1. The third-order valence-corrected chi connectivity index (χ3v) is 5.59. The summed E-state index contributed by atoms with van der Waals surface area (Å²) in [4.78, 5) is 26.8. The molecule has 2 aromatic rings. The van der Waals surface area contributed by atoms with Gasteiger partial charge in [-0.25, -0.2) is 0 Å². The number of nitrogens with zero attached hydrogens (tertiary/aromatic N) is 1. The number of rotatable bonds is 2. The van der Waals surface area contributed by atoms with E-state index >= 15 is 0 Å². The Labute approximate surface area is 150 Å². The lowest BCUT2D eigenvalue weighted by atomic mass is 9.92. The van der Waals surface area contributed by atoms with Gasteiger partial charge in [-0.3, -0.25) is 9.59 Å². The molecule has 0 unspecified atom stereocenters. The highest BCUT2D eigenvalue weighted by atomic mass is 32.1. The van der Waals surface area contributed by atoms with Crippen LogP contribution in [0.4, 0.5) is 0 Å². The van der Waals surface area contributed by atoms with Gasteiger partial charge in [-0.2, -0.15) is 11.3 Å². The largest absolute Gasteiger partial charge is 0.483 e. The first kappa shape index (κ1) is 16.1. The van der Waals surface area contributed by atoms with Gasteiger partial charge in [0, 0.05) is 6.54 Å². The molecule has 1 aromatic heterocycles. The standard InChI is InChI=1S/C19H20N2O3S/c22-17(10-14-6-9-25-11-14)21-8-3-7-19(13-21)12-20-18(23)15-4-1-2-5-16(15)24-19/h1-2,4-6,9,11H,3,7-8,10,12-13H2,(H,20,23)/t19-/m1/s1. The van der Waals surface area contributed by atoms with Crippen molar-refractivity contribution < 1.29 is 14.3 Å². The number of thiophene rings is 1. The van der Waals surface area contributed by atoms with Gasteiger partial charge in [0.2, 0.25) is 5.91 Å². The van der Waals surface area contributed by atoms with Crippen LogP contribution in [0.3, 0.4) is 0 Å². The summed E-state index contributed by atoms with van der Waals surface area (Å²) >= 11 is 1.60. The second kappa shape index (κ2) is 6.52. The Balaban J connectivity index is 1.54. The summed E-state index contributed by atoms with van der Waals surface area (Å²) < 4.78 is 6.30. The zero-order valence-corrected chi connectivity index (χ0v) is 14.7. The van der Waals surface area contributed by atoms with E-state index in [1.807, 2.05) is 39.9 Å². The molecule has 3 heterocycles. The van der Waals surface area contributed by atoms with E-state index in [9.17, 15) is 9.59 Å². The molecule has 1 saturated heterocycles. The van der Waals surface area contributed by atoms with Crippen molar-refractivity contribution in [1.82, 2.24) is 10.2 Å². The number of nitrogens with one attached hydrogen (secondary N) is 1. The minimum Gasteiger partial charge on any atom is -0.483 e. The van der Waals surface area contributed by atoms with Crippen LogP contribution >= 0.6 is 11.3 Å². The highest BCUT2D eigenvalue weighted by Gasteiger charge is 2.41. The predicted octanol–water partition coefficient (Wildman–Crippen LogP) is 2.47. The Morgan fingerprint density at radius 2 is 2.20 bits per heavy atom. The van der Waals surface area contributed by atoms with Crippen molar-refractivity contribution in [2.45, 2.75) is 24.9 Å². The molecule has 1 N–H and O–H groups in total. The quantitative estimate of drug-likeness (QED) is 0.899. The Bertz CT molecular complexity index is 790. The van der Waals surface area contributed by atoms with E-state index < -0.39 is 5.60 Å². The molecule has 0 radical (unpaired) electrons. The van der Waals surface area contributed by atoms with Crippen LogP contribution in [0.25, 0.3) is 0 Å². The fourth-order valence-electron chi connectivity index (χ4n) is 3.57. The zero-order valence-electron chi connectivity index (χ0n) is 13.9. The summed E-state index contributed by atoms with van der Waals surface area (Å²) in [6.45, 7) is 1.66. The molecule has 4 rings (SSSR count). The SMILES string of the molecule is O=C1NC[C@@]2(CCCN(C(=O)Cc3ccsc3)C2)Oc2ccccc21. The Morgan fingerprint density at radius 3 is 3.04 bits per heavy atom. The van der Waals surface area contributed by atoms with Gasteiger partial charge in [0.1, 0.15) is 11.4 Å². The van der Waals surface area contributed by atoms with Crippen molar-refractivity contribution in [3.8, 4) is 5.75 Å². The van der Waals surface area contributed by atoms with Crippen molar-refractivity contribution in [2.75, 3.05) is 19.6 Å². The van der Waals surface area contributed by atoms with Crippen LogP contribution < -0.4 is 10.1 Å². The molecule has 0 saturated carbocycles. The number of ether oxygens (including phenoxy) is 1. The van der Waals surface area contributed by atoms with E-state index in [0.29, 0.717) is 30.8 Å². The molecule has 1 aromatic carbocycles. The number of fused-ring (bicyclic) bond motifs is 1. The van der Waals surface area contributed by atoms with E-state index in [1.54, 1.807) is 17.4 Å². The van der Waals surface area contributed by atoms with Crippen LogP contribution in [-0.4, -0.2) is 41.9 Å². The number of amides is 2. The van der Waals surface area contributed by atoms with Gasteiger partial charge in [-0.15, -0.1) is 0 Å². The Morgan fingerprint density at radius 1 is 1.32 bits per heavy atom. The van der Waals surface area contributed by atoms with Crippen LogP contribution in [0.2, 0.25) is 0 Å². The van der Waals surface area contributed by atoms with Crippen LogP contribution in [-0.2, 0) is 11.2 Å². The van der Waals surface area contributed by atoms with Gasteiger partial charge in [-0.1, -0.05) is 12.1 Å². The molecule has 1 spiro atoms. The highest BCUT2D eigenvalue weighted by Crippen LogP contribution is 2.32. The summed E-state index contributed by atoms with van der Waals surface area (Å²) in [6, 6.07) is 9.28. The van der Waals surface area contributed by atoms with Crippen molar-refractivity contribution in [3.63, 3.8) is 0 Å². The lowest BCUT2D eigenvalue weighted by molar-refractivity contribution is -0.136. The lowest BCUT2D eigenvalue weighted by Crippen LogP contribution is -2.58. The summed E-state index contributed by atoms with van der Waals surface area (Å²) in [6.07, 6.45) is 2.11. The number of carbonyl (C=O) groups is 2. The van der Waals surface area contributed by atoms with Crippen molar-refractivity contribution in [3.05, 3.63) is 52.2 Å². The van der Waals surface area contributed by atoms with Gasteiger partial charge < -0.3 is 15.0 Å². The molecule has 1 atom stereocenters. The molecule has 130 valence electrons. The van der Waals surface area contributed by atoms with Crippen molar-refractivity contribution >= 4 is 23.2 Å². The maximum Gasteiger partial charge on any atom is 0.255 e. The number of hydrogen-bond donors (Lipinski definition) is 1. The molecule has 2 aliphatic rings. The van der Waals surface area contributed by atoms with E-state index in [2.05, 4.69) is 5.32 Å². The van der Waals surface area contributed by atoms with Crippen LogP contribution in [0.1, 0.15) is 28.8 Å². The number of benzene rings is 1. The summed E-state index contributed by atoms with van der Waals surface area (Å²) in [7, 11) is 0. The molecule has 6 heteroatoms. The van der Waals surface area contributed by atoms with E-state index in [4.69, 9.17) is 4.74 Å².